The predicted octanol–water partition coefficient (Wildman–Crippen LogP) is 3.54. The second-order valence-electron chi connectivity index (χ2n) is 4.58. The van der Waals surface area contributed by atoms with Crippen LogP contribution in [0.25, 0.3) is 11.3 Å². The lowest BCUT2D eigenvalue weighted by Gasteiger charge is -2.18. The first kappa shape index (κ1) is 12.4. The van der Waals surface area contributed by atoms with Crippen molar-refractivity contribution in [3.8, 4) is 11.3 Å². The van der Waals surface area contributed by atoms with E-state index in [1.54, 1.807) is 0 Å². The Labute approximate surface area is 116 Å². The van der Waals surface area contributed by atoms with Crippen molar-refractivity contribution in [2.24, 2.45) is 0 Å². The van der Waals surface area contributed by atoms with E-state index in [9.17, 15) is 4.39 Å². The molecule has 2 heterocycles. The summed E-state index contributed by atoms with van der Waals surface area (Å²) in [6, 6.07) is 7.74. The van der Waals surface area contributed by atoms with Crippen molar-refractivity contribution in [1.82, 2.24) is 9.97 Å². The molecule has 1 aromatic heterocycles. The van der Waals surface area contributed by atoms with Gasteiger partial charge in [-0.15, -0.1) is 0 Å². The van der Waals surface area contributed by atoms with Crippen LogP contribution in [-0.2, 0) is 0 Å². The summed E-state index contributed by atoms with van der Waals surface area (Å²) in [5, 5.41) is 0.0583. The van der Waals surface area contributed by atoms with E-state index in [1.807, 2.05) is 24.3 Å². The molecule has 0 aliphatic carbocycles. The highest BCUT2D eigenvalue weighted by molar-refractivity contribution is 6.28. The fourth-order valence-corrected chi connectivity index (χ4v) is 2.51. The number of rotatable bonds is 2. The van der Waals surface area contributed by atoms with Crippen LogP contribution in [0.5, 0.6) is 0 Å². The Balaban J connectivity index is 2.00. The van der Waals surface area contributed by atoms with Gasteiger partial charge in [0.15, 0.2) is 5.82 Å². The van der Waals surface area contributed by atoms with Crippen LogP contribution in [0.4, 0.5) is 10.1 Å². The predicted molar refractivity (Wildman–Crippen MR) is 73.9 cm³/mol. The molecule has 1 aliphatic heterocycles. The highest BCUT2D eigenvalue weighted by Crippen LogP contribution is 2.27. The summed E-state index contributed by atoms with van der Waals surface area (Å²) in [4.78, 5) is 9.90. The minimum absolute atomic E-state index is 0.0583. The Morgan fingerprint density at radius 2 is 2.00 bits per heavy atom. The number of hydrogen-bond acceptors (Lipinski definition) is 3. The van der Waals surface area contributed by atoms with Gasteiger partial charge < -0.3 is 4.90 Å². The summed E-state index contributed by atoms with van der Waals surface area (Å²) in [5.41, 5.74) is 2.08. The second-order valence-corrected chi connectivity index (χ2v) is 4.92. The van der Waals surface area contributed by atoms with Crippen molar-refractivity contribution < 1.29 is 4.39 Å². The molecule has 0 saturated carbocycles. The van der Waals surface area contributed by atoms with Gasteiger partial charge in [-0.25, -0.2) is 14.4 Å². The quantitative estimate of drug-likeness (QED) is 0.786. The summed E-state index contributed by atoms with van der Waals surface area (Å²) in [6.07, 6.45) is 3.52. The van der Waals surface area contributed by atoms with Crippen LogP contribution < -0.4 is 4.90 Å². The summed E-state index contributed by atoms with van der Waals surface area (Å²) >= 11 is 5.73. The fourth-order valence-electron chi connectivity index (χ4n) is 2.37. The summed E-state index contributed by atoms with van der Waals surface area (Å²) in [6.45, 7) is 2.10. The Morgan fingerprint density at radius 1 is 1.21 bits per heavy atom. The molecular formula is C14H13ClFN3. The number of anilines is 1. The third-order valence-corrected chi connectivity index (χ3v) is 3.49. The average Bonchev–Trinajstić information content (AvgIpc) is 2.96. The lowest BCUT2D eigenvalue weighted by Crippen LogP contribution is -2.17. The topological polar surface area (TPSA) is 29.0 Å². The van der Waals surface area contributed by atoms with Crippen molar-refractivity contribution in [2.75, 3.05) is 18.0 Å². The molecule has 19 heavy (non-hydrogen) atoms. The molecule has 1 aromatic carbocycles. The molecule has 2 aromatic rings. The van der Waals surface area contributed by atoms with E-state index in [4.69, 9.17) is 11.6 Å². The summed E-state index contributed by atoms with van der Waals surface area (Å²) in [5.74, 6) is -0.456. The first-order chi connectivity index (χ1) is 9.24. The highest BCUT2D eigenvalue weighted by Gasteiger charge is 2.14. The molecule has 0 unspecified atom stereocenters. The van der Waals surface area contributed by atoms with E-state index < -0.39 is 5.82 Å². The van der Waals surface area contributed by atoms with Crippen LogP contribution in [0.3, 0.4) is 0 Å². The molecule has 0 radical (unpaired) electrons. The molecule has 0 atom stereocenters. The molecule has 0 N–H and O–H groups in total. The molecule has 1 saturated heterocycles. The van der Waals surface area contributed by atoms with Crippen molar-refractivity contribution in [2.45, 2.75) is 12.8 Å². The van der Waals surface area contributed by atoms with Crippen LogP contribution in [0.2, 0.25) is 5.28 Å². The Kier molecular flexibility index (Phi) is 3.34. The van der Waals surface area contributed by atoms with Gasteiger partial charge in [-0.1, -0.05) is 12.1 Å². The van der Waals surface area contributed by atoms with Gasteiger partial charge in [-0.2, -0.15) is 0 Å². The smallest absolute Gasteiger partial charge is 0.223 e. The van der Waals surface area contributed by atoms with Gasteiger partial charge in [0.1, 0.15) is 5.69 Å². The summed E-state index contributed by atoms with van der Waals surface area (Å²) < 4.78 is 13.8. The maximum atomic E-state index is 13.8. The van der Waals surface area contributed by atoms with Gasteiger partial charge in [-0.3, -0.25) is 0 Å². The molecule has 1 aliphatic rings. The third-order valence-electron chi connectivity index (χ3n) is 3.31. The van der Waals surface area contributed by atoms with Crippen LogP contribution in [-0.4, -0.2) is 23.1 Å². The number of benzene rings is 1. The molecule has 3 rings (SSSR count). The van der Waals surface area contributed by atoms with E-state index in [0.717, 1.165) is 30.5 Å². The average molecular weight is 278 g/mol. The van der Waals surface area contributed by atoms with Gasteiger partial charge in [0, 0.05) is 24.3 Å². The van der Waals surface area contributed by atoms with E-state index in [-0.39, 0.29) is 11.0 Å². The Bertz CT molecular complexity index is 597. The van der Waals surface area contributed by atoms with Crippen LogP contribution >= 0.6 is 11.6 Å². The molecule has 0 amide bonds. The van der Waals surface area contributed by atoms with Crippen LogP contribution in [0, 0.1) is 5.82 Å². The molecule has 3 nitrogen and oxygen atoms in total. The van der Waals surface area contributed by atoms with Gasteiger partial charge in [-0.05, 0) is 36.6 Å². The van der Waals surface area contributed by atoms with Crippen molar-refractivity contribution in [3.63, 3.8) is 0 Å². The van der Waals surface area contributed by atoms with E-state index in [1.165, 1.54) is 12.8 Å². The maximum Gasteiger partial charge on any atom is 0.223 e. The van der Waals surface area contributed by atoms with Gasteiger partial charge in [0.2, 0.25) is 5.28 Å². The zero-order valence-electron chi connectivity index (χ0n) is 10.3. The molecule has 5 heteroatoms. The minimum Gasteiger partial charge on any atom is -0.372 e. The van der Waals surface area contributed by atoms with Crippen LogP contribution in [0.15, 0.2) is 30.5 Å². The number of nitrogens with zero attached hydrogens (tertiary/aromatic N) is 3. The van der Waals surface area contributed by atoms with Crippen molar-refractivity contribution in [1.29, 1.82) is 0 Å². The van der Waals surface area contributed by atoms with Gasteiger partial charge in [0.25, 0.3) is 0 Å². The molecule has 1 fully saturated rings. The van der Waals surface area contributed by atoms with Crippen molar-refractivity contribution in [3.05, 3.63) is 41.6 Å². The largest absolute Gasteiger partial charge is 0.372 e. The number of aromatic nitrogens is 2. The van der Waals surface area contributed by atoms with E-state index >= 15 is 0 Å². The van der Waals surface area contributed by atoms with Gasteiger partial charge >= 0.3 is 0 Å². The lowest BCUT2D eigenvalue weighted by atomic mass is 10.1. The van der Waals surface area contributed by atoms with E-state index in [0.29, 0.717) is 0 Å². The summed E-state index contributed by atoms with van der Waals surface area (Å²) in [7, 11) is 0. The SMILES string of the molecule is Fc1cnc(Cl)nc1-c1cccc(N2CCCC2)c1. The highest BCUT2D eigenvalue weighted by atomic mass is 35.5. The standard InChI is InChI=1S/C14H13ClFN3/c15-14-17-9-12(16)13(18-14)10-4-3-5-11(8-10)19-6-1-2-7-19/h3-5,8-9H,1-2,6-7H2. The first-order valence-electron chi connectivity index (χ1n) is 6.27. The lowest BCUT2D eigenvalue weighted by molar-refractivity contribution is 0.618. The van der Waals surface area contributed by atoms with Gasteiger partial charge in [0.05, 0.1) is 6.20 Å². The van der Waals surface area contributed by atoms with Crippen LogP contribution in [0.1, 0.15) is 12.8 Å². The first-order valence-corrected chi connectivity index (χ1v) is 6.65. The zero-order valence-corrected chi connectivity index (χ0v) is 11.1. The second kappa shape index (κ2) is 5.13. The third kappa shape index (κ3) is 2.54. The van der Waals surface area contributed by atoms with Crippen molar-refractivity contribution >= 4 is 17.3 Å². The molecule has 0 bridgehead atoms. The zero-order chi connectivity index (χ0) is 13.2. The normalized spacial score (nSPS) is 14.9. The monoisotopic (exact) mass is 277 g/mol. The molecule has 0 spiro atoms. The molecule has 98 valence electrons. The van der Waals surface area contributed by atoms with E-state index in [2.05, 4.69) is 14.9 Å². The Hall–Kier alpha value is -1.68. The fraction of sp³-hybridized carbons (Fsp3) is 0.286. The Morgan fingerprint density at radius 3 is 2.79 bits per heavy atom. The minimum atomic E-state index is -0.456. The maximum absolute atomic E-state index is 13.8. The number of halogens is 2. The molecular weight excluding hydrogens is 265 g/mol. The number of hydrogen-bond donors (Lipinski definition) is 0.